The molecule has 33 heavy (non-hydrogen) atoms. The molecule has 5 rings (SSSR count). The second kappa shape index (κ2) is 9.38. The quantitative estimate of drug-likeness (QED) is 0.317. The summed E-state index contributed by atoms with van der Waals surface area (Å²) in [5, 5.41) is 12.8. The van der Waals surface area contributed by atoms with Gasteiger partial charge in [0.1, 0.15) is 11.6 Å². The Morgan fingerprint density at radius 1 is 1.12 bits per heavy atom. The number of benzene rings is 1. The van der Waals surface area contributed by atoms with Crippen LogP contribution in [0.15, 0.2) is 44.6 Å². The third kappa shape index (κ3) is 4.39. The van der Waals surface area contributed by atoms with Crippen molar-refractivity contribution in [3.05, 3.63) is 69.4 Å². The van der Waals surface area contributed by atoms with E-state index in [4.69, 9.17) is 4.52 Å². The van der Waals surface area contributed by atoms with E-state index in [0.717, 1.165) is 36.0 Å². The maximum Gasteiger partial charge on any atom is 0.266 e. The van der Waals surface area contributed by atoms with Gasteiger partial charge in [-0.3, -0.25) is 9.36 Å². The van der Waals surface area contributed by atoms with Crippen LogP contribution in [0.5, 0.6) is 0 Å². The molecule has 10 heteroatoms. The summed E-state index contributed by atoms with van der Waals surface area (Å²) in [7, 11) is 0. The minimum atomic E-state index is -0.111. The van der Waals surface area contributed by atoms with Crippen molar-refractivity contribution in [1.29, 1.82) is 0 Å². The van der Waals surface area contributed by atoms with Gasteiger partial charge in [0.15, 0.2) is 5.82 Å². The van der Waals surface area contributed by atoms with Gasteiger partial charge in [-0.2, -0.15) is 4.98 Å². The Morgan fingerprint density at radius 2 is 1.97 bits per heavy atom. The number of fused-ring (bicyclic) bond motifs is 2. The fourth-order valence-corrected chi connectivity index (χ4v) is 4.56. The lowest BCUT2D eigenvalue weighted by molar-refractivity contribution is 0.373. The van der Waals surface area contributed by atoms with Crippen LogP contribution in [-0.4, -0.2) is 33.9 Å². The van der Waals surface area contributed by atoms with E-state index in [0.29, 0.717) is 60.4 Å². The molecule has 0 atom stereocenters. The number of aliphatic imine (C=N–C) groups is 1. The van der Waals surface area contributed by atoms with Crippen LogP contribution < -0.4 is 5.56 Å². The summed E-state index contributed by atoms with van der Waals surface area (Å²) in [6.07, 6.45) is 5.25. The molecule has 0 saturated heterocycles. The molecule has 170 valence electrons. The van der Waals surface area contributed by atoms with Gasteiger partial charge in [0.25, 0.3) is 5.56 Å². The van der Waals surface area contributed by atoms with E-state index in [1.807, 2.05) is 34.9 Å². The first-order chi connectivity index (χ1) is 16.1. The Balaban J connectivity index is 1.39. The summed E-state index contributed by atoms with van der Waals surface area (Å²) in [5.74, 6) is 2.98. The number of hydrogen-bond acceptors (Lipinski definition) is 7. The Labute approximate surface area is 198 Å². The highest BCUT2D eigenvalue weighted by Gasteiger charge is 2.25. The number of aryl methyl sites for hydroxylation is 3. The number of nitrogens with zero attached hydrogens (tertiary/aromatic N) is 7. The Kier molecular flexibility index (Phi) is 6.17. The van der Waals surface area contributed by atoms with Crippen LogP contribution in [0.25, 0.3) is 5.78 Å². The van der Waals surface area contributed by atoms with Crippen molar-refractivity contribution in [2.45, 2.75) is 58.4 Å². The van der Waals surface area contributed by atoms with Crippen LogP contribution in [0.2, 0.25) is 0 Å². The van der Waals surface area contributed by atoms with E-state index >= 15 is 0 Å². The standard InChI is InChI=1S/C23H24BrN7O2/c1-2-3-7-12-30-21-16(14-17(24)25-21)22(32)31-19(27-28-23(30)31)10-11-20-26-18(29-33-20)13-15-8-5-4-6-9-15/h4-6,8-9H,2-3,7,10-14H2,1H3. The lowest BCUT2D eigenvalue weighted by Crippen LogP contribution is -2.24. The average Bonchev–Trinajstić information content (AvgIpc) is 3.54. The van der Waals surface area contributed by atoms with Gasteiger partial charge in [-0.15, -0.1) is 10.2 Å². The van der Waals surface area contributed by atoms with Crippen molar-refractivity contribution in [3.63, 3.8) is 0 Å². The zero-order chi connectivity index (χ0) is 22.8. The van der Waals surface area contributed by atoms with Crippen LogP contribution in [0, 0.1) is 0 Å². The summed E-state index contributed by atoms with van der Waals surface area (Å²) in [6.45, 7) is 2.91. The van der Waals surface area contributed by atoms with E-state index in [2.05, 4.69) is 48.2 Å². The first kappa shape index (κ1) is 21.7. The third-order valence-corrected chi connectivity index (χ3v) is 6.21. The van der Waals surface area contributed by atoms with Gasteiger partial charge in [0.2, 0.25) is 11.7 Å². The van der Waals surface area contributed by atoms with Crippen LogP contribution in [0.1, 0.15) is 54.9 Å². The molecule has 0 spiro atoms. The van der Waals surface area contributed by atoms with Gasteiger partial charge >= 0.3 is 0 Å². The molecule has 0 unspecified atom stereocenters. The van der Waals surface area contributed by atoms with Crippen molar-refractivity contribution in [2.75, 3.05) is 0 Å². The maximum absolute atomic E-state index is 13.3. The summed E-state index contributed by atoms with van der Waals surface area (Å²) in [6, 6.07) is 10.0. The van der Waals surface area contributed by atoms with Crippen LogP contribution in [0.3, 0.4) is 0 Å². The zero-order valence-electron chi connectivity index (χ0n) is 18.4. The molecule has 0 aliphatic carbocycles. The molecular formula is C23H24BrN7O2. The van der Waals surface area contributed by atoms with Crippen molar-refractivity contribution < 1.29 is 4.52 Å². The fourth-order valence-electron chi connectivity index (χ4n) is 4.11. The number of halogens is 1. The van der Waals surface area contributed by atoms with E-state index < -0.39 is 0 Å². The van der Waals surface area contributed by atoms with Gasteiger partial charge < -0.3 is 4.52 Å². The van der Waals surface area contributed by atoms with E-state index in [9.17, 15) is 4.79 Å². The summed E-state index contributed by atoms with van der Waals surface area (Å²) >= 11 is 3.46. The summed E-state index contributed by atoms with van der Waals surface area (Å²) in [4.78, 5) is 22.3. The Bertz CT molecular complexity index is 1370. The van der Waals surface area contributed by atoms with Crippen molar-refractivity contribution in [1.82, 2.24) is 29.3 Å². The molecule has 0 N–H and O–H groups in total. The van der Waals surface area contributed by atoms with Gasteiger partial charge in [0.05, 0.1) is 10.2 Å². The van der Waals surface area contributed by atoms with Gasteiger partial charge in [-0.05, 0) is 27.9 Å². The molecule has 0 fully saturated rings. The van der Waals surface area contributed by atoms with Crippen LogP contribution >= 0.6 is 15.9 Å². The molecular weight excluding hydrogens is 486 g/mol. The second-order valence-corrected chi connectivity index (χ2v) is 9.06. The number of rotatable bonds is 9. The number of hydrogen-bond donors (Lipinski definition) is 0. The van der Waals surface area contributed by atoms with E-state index in [1.54, 1.807) is 4.40 Å². The lowest BCUT2D eigenvalue weighted by atomic mass is 10.1. The lowest BCUT2D eigenvalue weighted by Gasteiger charge is -2.12. The molecule has 1 aliphatic rings. The van der Waals surface area contributed by atoms with Crippen molar-refractivity contribution >= 4 is 32.1 Å². The zero-order valence-corrected chi connectivity index (χ0v) is 20.0. The van der Waals surface area contributed by atoms with E-state index in [-0.39, 0.29) is 5.56 Å². The minimum Gasteiger partial charge on any atom is -0.339 e. The number of aromatic nitrogens is 6. The summed E-state index contributed by atoms with van der Waals surface area (Å²) < 4.78 is 9.82. The molecule has 1 aromatic carbocycles. The SMILES string of the molecule is CCCCCn1c2c(c(=O)n3c(CCc4nc(Cc5ccccc5)no4)nnc13)CC(Br)=N2. The Hall–Kier alpha value is -3.14. The molecule has 0 radical (unpaired) electrons. The number of unbranched alkanes of at least 4 members (excludes halogenated alkanes) is 2. The molecule has 0 bridgehead atoms. The average molecular weight is 510 g/mol. The monoisotopic (exact) mass is 509 g/mol. The molecule has 4 heterocycles. The van der Waals surface area contributed by atoms with E-state index in [1.165, 1.54) is 0 Å². The first-order valence-electron chi connectivity index (χ1n) is 11.2. The Morgan fingerprint density at radius 3 is 2.79 bits per heavy atom. The molecule has 3 aromatic heterocycles. The largest absolute Gasteiger partial charge is 0.339 e. The third-order valence-electron chi connectivity index (χ3n) is 5.75. The molecule has 0 amide bonds. The van der Waals surface area contributed by atoms with Crippen molar-refractivity contribution in [3.8, 4) is 0 Å². The maximum atomic E-state index is 13.3. The van der Waals surface area contributed by atoms with Crippen LogP contribution in [-0.2, 0) is 32.2 Å². The fraction of sp³-hybridized carbons (Fsp3) is 0.391. The predicted molar refractivity (Wildman–Crippen MR) is 127 cm³/mol. The second-order valence-electron chi connectivity index (χ2n) is 8.15. The molecule has 0 saturated carbocycles. The highest BCUT2D eigenvalue weighted by atomic mass is 79.9. The molecule has 9 nitrogen and oxygen atoms in total. The van der Waals surface area contributed by atoms with Gasteiger partial charge in [-0.25, -0.2) is 9.39 Å². The smallest absolute Gasteiger partial charge is 0.266 e. The molecule has 1 aliphatic heterocycles. The first-order valence-corrected chi connectivity index (χ1v) is 12.0. The topological polar surface area (TPSA) is 103 Å². The normalized spacial score (nSPS) is 13.0. The predicted octanol–water partition coefficient (Wildman–Crippen LogP) is 3.82. The highest BCUT2D eigenvalue weighted by molar-refractivity contribution is 9.18. The van der Waals surface area contributed by atoms with Crippen LogP contribution in [0.4, 0.5) is 5.82 Å². The molecule has 4 aromatic rings. The van der Waals surface area contributed by atoms with Gasteiger partial charge in [0, 0.05) is 32.2 Å². The van der Waals surface area contributed by atoms with Crippen molar-refractivity contribution in [2.24, 2.45) is 4.99 Å². The van der Waals surface area contributed by atoms with Gasteiger partial charge in [-0.1, -0.05) is 55.3 Å². The summed E-state index contributed by atoms with van der Waals surface area (Å²) in [5.41, 5.74) is 1.69. The highest BCUT2D eigenvalue weighted by Crippen LogP contribution is 2.28. The minimum absolute atomic E-state index is 0.111.